The lowest BCUT2D eigenvalue weighted by molar-refractivity contribution is 0.102. The number of piperidine rings is 2. The molecule has 5 nitrogen and oxygen atoms in total. The first-order valence-electron chi connectivity index (χ1n) is 7.62. The minimum Gasteiger partial charge on any atom is -0.378 e. The van der Waals surface area contributed by atoms with Crippen molar-refractivity contribution in [1.29, 1.82) is 0 Å². The molecule has 1 aromatic rings. The van der Waals surface area contributed by atoms with E-state index < -0.39 is 0 Å². The first-order chi connectivity index (χ1) is 10.2. The highest BCUT2D eigenvalue weighted by Gasteiger charge is 2.35. The Balaban J connectivity index is 1.74. The monoisotopic (exact) mass is 309 g/mol. The van der Waals surface area contributed by atoms with Crippen molar-refractivity contribution in [3.05, 3.63) is 10.6 Å². The van der Waals surface area contributed by atoms with Crippen molar-refractivity contribution in [1.82, 2.24) is 9.88 Å². The SMILES string of the molecule is COCc1nc(N2CCC3C(CCCN3C)C2)sc1C=O. The van der Waals surface area contributed by atoms with Gasteiger partial charge in [0.1, 0.15) is 0 Å². The van der Waals surface area contributed by atoms with Gasteiger partial charge >= 0.3 is 0 Å². The van der Waals surface area contributed by atoms with Crippen molar-refractivity contribution in [3.63, 3.8) is 0 Å². The number of carbonyl (C=O) groups excluding carboxylic acids is 1. The van der Waals surface area contributed by atoms with Gasteiger partial charge in [0.2, 0.25) is 0 Å². The molecular weight excluding hydrogens is 286 g/mol. The smallest absolute Gasteiger partial charge is 0.186 e. The fraction of sp³-hybridized carbons (Fsp3) is 0.733. The summed E-state index contributed by atoms with van der Waals surface area (Å²) in [4.78, 5) is 21.4. The maximum Gasteiger partial charge on any atom is 0.186 e. The van der Waals surface area contributed by atoms with Gasteiger partial charge in [-0.2, -0.15) is 0 Å². The molecule has 2 fully saturated rings. The summed E-state index contributed by atoms with van der Waals surface area (Å²) in [7, 11) is 3.88. The van der Waals surface area contributed by atoms with Crippen LogP contribution < -0.4 is 4.90 Å². The Kier molecular flexibility index (Phi) is 4.57. The van der Waals surface area contributed by atoms with Crippen LogP contribution in [0.1, 0.15) is 34.6 Å². The molecule has 2 unspecified atom stereocenters. The van der Waals surface area contributed by atoms with E-state index in [-0.39, 0.29) is 0 Å². The lowest BCUT2D eigenvalue weighted by atomic mass is 9.84. The summed E-state index contributed by atoms with van der Waals surface area (Å²) >= 11 is 1.50. The van der Waals surface area contributed by atoms with E-state index in [1.54, 1.807) is 7.11 Å². The summed E-state index contributed by atoms with van der Waals surface area (Å²) in [6.07, 6.45) is 4.69. The number of thiazole rings is 1. The number of carbonyl (C=O) groups is 1. The number of hydrogen-bond donors (Lipinski definition) is 0. The Labute approximate surface area is 129 Å². The number of likely N-dealkylation sites (tertiary alicyclic amines) is 1. The van der Waals surface area contributed by atoms with E-state index in [0.29, 0.717) is 11.5 Å². The molecule has 116 valence electrons. The molecule has 0 spiro atoms. The van der Waals surface area contributed by atoms with Gasteiger partial charge in [0.15, 0.2) is 11.4 Å². The van der Waals surface area contributed by atoms with Crippen molar-refractivity contribution >= 4 is 22.8 Å². The van der Waals surface area contributed by atoms with E-state index in [1.807, 2.05) is 0 Å². The summed E-state index contributed by atoms with van der Waals surface area (Å²) < 4.78 is 5.13. The highest BCUT2D eigenvalue weighted by molar-refractivity contribution is 7.17. The average molecular weight is 309 g/mol. The second-order valence-electron chi connectivity index (χ2n) is 6.04. The summed E-state index contributed by atoms with van der Waals surface area (Å²) in [5.74, 6) is 0.729. The number of fused-ring (bicyclic) bond motifs is 1. The van der Waals surface area contributed by atoms with Crippen LogP contribution in [-0.2, 0) is 11.3 Å². The number of ether oxygens (including phenoxy) is 1. The number of nitrogens with zero attached hydrogens (tertiary/aromatic N) is 3. The van der Waals surface area contributed by atoms with Crippen molar-refractivity contribution in [2.45, 2.75) is 31.9 Å². The zero-order valence-electron chi connectivity index (χ0n) is 12.7. The molecule has 0 bridgehead atoms. The summed E-state index contributed by atoms with van der Waals surface area (Å²) in [5.41, 5.74) is 0.774. The Morgan fingerprint density at radius 1 is 1.43 bits per heavy atom. The Bertz CT molecular complexity index is 505. The second kappa shape index (κ2) is 6.42. The average Bonchev–Trinajstić information content (AvgIpc) is 2.91. The molecule has 3 rings (SSSR count). The number of aromatic nitrogens is 1. The van der Waals surface area contributed by atoms with Crippen molar-refractivity contribution in [3.8, 4) is 0 Å². The first kappa shape index (κ1) is 14.9. The first-order valence-corrected chi connectivity index (χ1v) is 8.43. The van der Waals surface area contributed by atoms with Crippen LogP contribution in [0, 0.1) is 5.92 Å². The van der Waals surface area contributed by atoms with E-state index in [0.717, 1.165) is 42.2 Å². The third-order valence-corrected chi connectivity index (χ3v) is 5.80. The van der Waals surface area contributed by atoms with Gasteiger partial charge in [-0.1, -0.05) is 11.3 Å². The molecule has 0 amide bonds. The van der Waals surface area contributed by atoms with Gasteiger partial charge in [0, 0.05) is 26.2 Å². The van der Waals surface area contributed by atoms with Crippen LogP contribution in [0.3, 0.4) is 0 Å². The lowest BCUT2D eigenvalue weighted by Crippen LogP contribution is -2.52. The number of anilines is 1. The van der Waals surface area contributed by atoms with Gasteiger partial charge < -0.3 is 14.5 Å². The molecule has 2 atom stereocenters. The summed E-state index contributed by atoms with van der Waals surface area (Å²) in [6.45, 7) is 3.73. The predicted octanol–water partition coefficient (Wildman–Crippen LogP) is 2.02. The molecule has 0 aliphatic carbocycles. The van der Waals surface area contributed by atoms with Gasteiger partial charge in [-0.25, -0.2) is 4.98 Å². The predicted molar refractivity (Wildman–Crippen MR) is 84.2 cm³/mol. The number of methoxy groups -OCH3 is 1. The zero-order valence-corrected chi connectivity index (χ0v) is 13.6. The molecule has 0 N–H and O–H groups in total. The third-order valence-electron chi connectivity index (χ3n) is 4.72. The van der Waals surface area contributed by atoms with Crippen LogP contribution in [0.15, 0.2) is 0 Å². The zero-order chi connectivity index (χ0) is 14.8. The van der Waals surface area contributed by atoms with Crippen LogP contribution in [0.5, 0.6) is 0 Å². The van der Waals surface area contributed by atoms with Gasteiger partial charge in [-0.3, -0.25) is 4.79 Å². The largest absolute Gasteiger partial charge is 0.378 e. The van der Waals surface area contributed by atoms with E-state index in [1.165, 1.54) is 37.1 Å². The van der Waals surface area contributed by atoms with E-state index >= 15 is 0 Å². The van der Waals surface area contributed by atoms with Crippen LogP contribution >= 0.6 is 11.3 Å². The molecule has 2 aliphatic rings. The van der Waals surface area contributed by atoms with E-state index in [2.05, 4.69) is 21.8 Å². The molecule has 2 aliphatic heterocycles. The molecule has 6 heteroatoms. The number of hydrogen-bond acceptors (Lipinski definition) is 6. The Morgan fingerprint density at radius 2 is 2.29 bits per heavy atom. The summed E-state index contributed by atoms with van der Waals surface area (Å²) in [6, 6.07) is 0.721. The lowest BCUT2D eigenvalue weighted by Gasteiger charge is -2.45. The van der Waals surface area contributed by atoms with Crippen LogP contribution in [0.25, 0.3) is 0 Å². The molecule has 0 saturated carbocycles. The maximum atomic E-state index is 11.2. The Hall–Kier alpha value is -0.980. The van der Waals surface area contributed by atoms with Crippen molar-refractivity contribution in [2.24, 2.45) is 5.92 Å². The van der Waals surface area contributed by atoms with Gasteiger partial charge in [-0.15, -0.1) is 0 Å². The van der Waals surface area contributed by atoms with Crippen molar-refractivity contribution in [2.75, 3.05) is 38.7 Å². The highest BCUT2D eigenvalue weighted by Crippen LogP contribution is 2.34. The normalized spacial score (nSPS) is 26.7. The molecule has 0 radical (unpaired) electrons. The van der Waals surface area contributed by atoms with Crippen LogP contribution in [0.4, 0.5) is 5.13 Å². The van der Waals surface area contributed by atoms with Gasteiger partial charge in [-0.05, 0) is 38.8 Å². The van der Waals surface area contributed by atoms with Crippen LogP contribution in [0.2, 0.25) is 0 Å². The minimum absolute atomic E-state index is 0.410. The third kappa shape index (κ3) is 2.98. The molecule has 21 heavy (non-hydrogen) atoms. The molecule has 0 aromatic carbocycles. The molecular formula is C15H23N3O2S. The maximum absolute atomic E-state index is 11.2. The number of rotatable bonds is 4. The highest BCUT2D eigenvalue weighted by atomic mass is 32.1. The fourth-order valence-electron chi connectivity index (χ4n) is 3.64. The van der Waals surface area contributed by atoms with E-state index in [4.69, 9.17) is 4.74 Å². The van der Waals surface area contributed by atoms with Crippen LogP contribution in [-0.4, -0.2) is 56.0 Å². The molecule has 1 aromatic heterocycles. The summed E-state index contributed by atoms with van der Waals surface area (Å²) in [5, 5.41) is 0.982. The second-order valence-corrected chi connectivity index (χ2v) is 7.05. The van der Waals surface area contributed by atoms with E-state index in [9.17, 15) is 4.79 Å². The van der Waals surface area contributed by atoms with Crippen molar-refractivity contribution < 1.29 is 9.53 Å². The Morgan fingerprint density at radius 3 is 3.05 bits per heavy atom. The topological polar surface area (TPSA) is 45.7 Å². The van der Waals surface area contributed by atoms with Gasteiger partial charge in [0.05, 0.1) is 17.2 Å². The number of aldehydes is 1. The minimum atomic E-state index is 0.410. The van der Waals surface area contributed by atoms with Gasteiger partial charge in [0.25, 0.3) is 0 Å². The quantitative estimate of drug-likeness (QED) is 0.796. The molecule has 3 heterocycles. The molecule has 2 saturated heterocycles. The fourth-order valence-corrected chi connectivity index (χ4v) is 4.56. The standard InChI is InChI=1S/C15H23N3O2S/c1-17-6-3-4-11-8-18(7-5-13(11)17)15-16-12(10-20-2)14(9-19)21-15/h9,11,13H,3-8,10H2,1-2H3.